The fourth-order valence-corrected chi connectivity index (χ4v) is 2.60. The van der Waals surface area contributed by atoms with Crippen molar-refractivity contribution in [1.82, 2.24) is 4.90 Å². The van der Waals surface area contributed by atoms with Gasteiger partial charge in [-0.15, -0.1) is 0 Å². The topological polar surface area (TPSA) is 34.0 Å². The van der Waals surface area contributed by atoms with Gasteiger partial charge < -0.3 is 14.5 Å². The van der Waals surface area contributed by atoms with Crippen molar-refractivity contribution in [2.24, 2.45) is 0 Å². The molecule has 0 bridgehead atoms. The number of piperazine rings is 1. The molecule has 0 aliphatic carbocycles. The van der Waals surface area contributed by atoms with Crippen LogP contribution in [0.25, 0.3) is 0 Å². The first-order chi connectivity index (χ1) is 10.2. The number of ether oxygens (including phenoxy) is 1. The van der Waals surface area contributed by atoms with Crippen molar-refractivity contribution in [1.29, 1.82) is 0 Å². The van der Waals surface area contributed by atoms with Gasteiger partial charge in [0.2, 0.25) is 0 Å². The second-order valence-electron chi connectivity index (χ2n) is 5.37. The highest BCUT2D eigenvalue weighted by Crippen LogP contribution is 2.19. The molecule has 2 rings (SSSR count). The molecule has 1 aliphatic heterocycles. The van der Waals surface area contributed by atoms with Crippen LogP contribution in [0.15, 0.2) is 24.3 Å². The summed E-state index contributed by atoms with van der Waals surface area (Å²) in [5, 5.41) is 0. The summed E-state index contributed by atoms with van der Waals surface area (Å²) in [5.41, 5.74) is 0. The third-order valence-corrected chi connectivity index (χ3v) is 4.03. The molecule has 5 heteroatoms. The maximum Gasteiger partial charge on any atom is 0.264 e. The number of hydrogen-bond donors (Lipinski definition) is 1. The van der Waals surface area contributed by atoms with Gasteiger partial charge in [0.05, 0.1) is 32.7 Å². The monoisotopic (exact) mass is 295 g/mol. The Morgan fingerprint density at radius 1 is 1.33 bits per heavy atom. The number of nitrogens with zero attached hydrogens (tertiary/aromatic N) is 1. The van der Waals surface area contributed by atoms with Crippen LogP contribution in [-0.2, 0) is 4.79 Å². The zero-order valence-corrected chi connectivity index (χ0v) is 12.8. The van der Waals surface area contributed by atoms with Gasteiger partial charge in [0.15, 0.2) is 17.7 Å². The van der Waals surface area contributed by atoms with Crippen molar-refractivity contribution >= 4 is 5.91 Å². The number of para-hydroxylation sites is 1. The Balaban J connectivity index is 1.98. The normalized spacial score (nSPS) is 17.6. The van der Waals surface area contributed by atoms with E-state index in [0.717, 1.165) is 32.7 Å². The van der Waals surface area contributed by atoms with Crippen LogP contribution < -0.4 is 9.64 Å². The van der Waals surface area contributed by atoms with Crippen molar-refractivity contribution < 1.29 is 18.8 Å². The summed E-state index contributed by atoms with van der Waals surface area (Å²) in [6.07, 6.45) is -0.0707. The summed E-state index contributed by atoms with van der Waals surface area (Å²) >= 11 is 0. The van der Waals surface area contributed by atoms with Gasteiger partial charge in [-0.3, -0.25) is 4.79 Å². The average Bonchev–Trinajstić information content (AvgIpc) is 2.53. The van der Waals surface area contributed by atoms with E-state index in [1.165, 1.54) is 11.0 Å². The zero-order chi connectivity index (χ0) is 15.2. The number of carbonyl (C=O) groups is 1. The standard InChI is InChI=1S/C16H23FN2O2/c1-3-14(21-15-8-6-5-7-13(15)17)16(20)19-11-9-18(4-2)10-12-19/h5-8,14H,3-4,9-12H2,1-2H3/p+1/t14-/m0/s1. The van der Waals surface area contributed by atoms with Crippen LogP contribution in [0.4, 0.5) is 4.39 Å². The summed E-state index contributed by atoms with van der Waals surface area (Å²) in [6, 6.07) is 6.22. The van der Waals surface area contributed by atoms with Crippen molar-refractivity contribution in [2.75, 3.05) is 32.7 Å². The summed E-state index contributed by atoms with van der Waals surface area (Å²) in [6.45, 7) is 8.57. The number of carbonyl (C=O) groups excluding carboxylic acids is 1. The summed E-state index contributed by atoms with van der Waals surface area (Å²) in [4.78, 5) is 15.9. The van der Waals surface area contributed by atoms with Crippen LogP contribution >= 0.6 is 0 Å². The molecule has 1 heterocycles. The lowest BCUT2D eigenvalue weighted by Crippen LogP contribution is -3.14. The van der Waals surface area contributed by atoms with E-state index < -0.39 is 11.9 Å². The quantitative estimate of drug-likeness (QED) is 0.869. The molecule has 0 spiro atoms. The van der Waals surface area contributed by atoms with Crippen molar-refractivity contribution in [3.8, 4) is 5.75 Å². The molecule has 1 fully saturated rings. The Bertz CT molecular complexity index is 473. The molecule has 1 saturated heterocycles. The number of benzene rings is 1. The molecule has 0 aromatic heterocycles. The minimum absolute atomic E-state index is 0.0316. The third-order valence-electron chi connectivity index (χ3n) is 4.03. The molecule has 1 aromatic carbocycles. The highest BCUT2D eigenvalue weighted by molar-refractivity contribution is 5.81. The van der Waals surface area contributed by atoms with E-state index in [1.54, 1.807) is 18.2 Å². The highest BCUT2D eigenvalue weighted by atomic mass is 19.1. The Morgan fingerprint density at radius 3 is 2.57 bits per heavy atom. The first kappa shape index (κ1) is 15.8. The first-order valence-corrected chi connectivity index (χ1v) is 7.69. The van der Waals surface area contributed by atoms with Gasteiger partial charge in [0.1, 0.15) is 0 Å². The number of nitrogens with one attached hydrogen (secondary N) is 1. The van der Waals surface area contributed by atoms with Crippen LogP contribution in [-0.4, -0.2) is 49.6 Å². The largest absolute Gasteiger partial charge is 0.478 e. The molecule has 0 saturated carbocycles. The molecular formula is C16H24FN2O2+. The van der Waals surface area contributed by atoms with E-state index >= 15 is 0 Å². The van der Waals surface area contributed by atoms with Crippen LogP contribution in [0.3, 0.4) is 0 Å². The molecule has 1 aliphatic rings. The van der Waals surface area contributed by atoms with Crippen LogP contribution in [0.2, 0.25) is 0 Å². The van der Waals surface area contributed by atoms with E-state index in [1.807, 2.05) is 11.8 Å². The zero-order valence-electron chi connectivity index (χ0n) is 12.8. The fourth-order valence-electron chi connectivity index (χ4n) is 2.60. The van der Waals surface area contributed by atoms with Crippen LogP contribution in [0.5, 0.6) is 5.75 Å². The molecule has 116 valence electrons. The molecule has 0 unspecified atom stereocenters. The molecular weight excluding hydrogens is 271 g/mol. The maximum atomic E-state index is 13.6. The van der Waals surface area contributed by atoms with Gasteiger partial charge in [-0.25, -0.2) is 4.39 Å². The fraction of sp³-hybridized carbons (Fsp3) is 0.562. The summed E-state index contributed by atoms with van der Waals surface area (Å²) in [7, 11) is 0. The number of halogens is 1. The van der Waals surface area contributed by atoms with E-state index in [-0.39, 0.29) is 11.7 Å². The van der Waals surface area contributed by atoms with Gasteiger partial charge in [0.25, 0.3) is 5.91 Å². The molecule has 21 heavy (non-hydrogen) atoms. The first-order valence-electron chi connectivity index (χ1n) is 7.69. The van der Waals surface area contributed by atoms with Crippen molar-refractivity contribution in [3.63, 3.8) is 0 Å². The minimum Gasteiger partial charge on any atom is -0.478 e. The van der Waals surface area contributed by atoms with Crippen LogP contribution in [0.1, 0.15) is 20.3 Å². The lowest BCUT2D eigenvalue weighted by atomic mass is 10.2. The van der Waals surface area contributed by atoms with Crippen molar-refractivity contribution in [3.05, 3.63) is 30.1 Å². The molecule has 4 nitrogen and oxygen atoms in total. The molecule has 1 amide bonds. The Morgan fingerprint density at radius 2 is 2.00 bits per heavy atom. The van der Waals surface area contributed by atoms with Gasteiger partial charge in [-0.2, -0.15) is 0 Å². The maximum absolute atomic E-state index is 13.6. The number of quaternary nitrogens is 1. The van der Waals surface area contributed by atoms with E-state index in [9.17, 15) is 9.18 Å². The average molecular weight is 295 g/mol. The second-order valence-corrected chi connectivity index (χ2v) is 5.37. The molecule has 1 N–H and O–H groups in total. The third kappa shape index (κ3) is 3.94. The molecule has 1 atom stereocenters. The van der Waals surface area contributed by atoms with Gasteiger partial charge in [0, 0.05) is 0 Å². The highest BCUT2D eigenvalue weighted by Gasteiger charge is 2.29. The lowest BCUT2D eigenvalue weighted by molar-refractivity contribution is -0.902. The Kier molecular flexibility index (Phi) is 5.56. The van der Waals surface area contributed by atoms with E-state index in [2.05, 4.69) is 6.92 Å². The predicted octanol–water partition coefficient (Wildman–Crippen LogP) is 0.730. The number of hydrogen-bond acceptors (Lipinski definition) is 2. The lowest BCUT2D eigenvalue weighted by Gasteiger charge is -2.33. The van der Waals surface area contributed by atoms with Crippen LogP contribution in [0, 0.1) is 5.82 Å². The van der Waals surface area contributed by atoms with Gasteiger partial charge >= 0.3 is 0 Å². The van der Waals surface area contributed by atoms with Gasteiger partial charge in [-0.1, -0.05) is 19.1 Å². The summed E-state index contributed by atoms with van der Waals surface area (Å²) in [5.74, 6) is -0.310. The number of rotatable bonds is 5. The second kappa shape index (κ2) is 7.41. The SMILES string of the molecule is CC[C@H](Oc1ccccc1F)C(=O)N1CC[NH+](CC)CC1. The minimum atomic E-state index is -0.606. The van der Waals surface area contributed by atoms with Gasteiger partial charge in [-0.05, 0) is 25.5 Å². The Hall–Kier alpha value is -1.62. The van der Waals surface area contributed by atoms with E-state index in [0.29, 0.717) is 6.42 Å². The number of likely N-dealkylation sites (N-methyl/N-ethyl adjacent to an activating group) is 1. The smallest absolute Gasteiger partial charge is 0.264 e. The van der Waals surface area contributed by atoms with E-state index in [4.69, 9.17) is 4.74 Å². The Labute approximate surface area is 125 Å². The predicted molar refractivity (Wildman–Crippen MR) is 78.9 cm³/mol. The number of amides is 1. The molecule has 0 radical (unpaired) electrons. The van der Waals surface area contributed by atoms with Crippen molar-refractivity contribution in [2.45, 2.75) is 26.4 Å². The summed E-state index contributed by atoms with van der Waals surface area (Å²) < 4.78 is 19.2. The molecule has 1 aromatic rings.